The Labute approximate surface area is 132 Å². The number of ether oxygens (including phenoxy) is 1. The second-order valence-electron chi connectivity index (χ2n) is 5.10. The van der Waals surface area contributed by atoms with Crippen molar-refractivity contribution in [2.45, 2.75) is 13.0 Å². The van der Waals surface area contributed by atoms with Crippen LogP contribution in [-0.2, 0) is 4.79 Å². The van der Waals surface area contributed by atoms with E-state index in [1.54, 1.807) is 49.4 Å². The summed E-state index contributed by atoms with van der Waals surface area (Å²) in [4.78, 5) is 23.8. The minimum Gasteiger partial charge on any atom is -0.479 e. The van der Waals surface area contributed by atoms with Crippen LogP contribution in [0.4, 0.5) is 11.4 Å². The van der Waals surface area contributed by atoms with Crippen LogP contribution >= 0.6 is 0 Å². The van der Waals surface area contributed by atoms with Crippen LogP contribution in [0.3, 0.4) is 0 Å². The number of nitrogens with zero attached hydrogens (tertiary/aromatic N) is 1. The number of hydrogen-bond donors (Lipinski definition) is 2. The number of nitrogens with one attached hydrogen (secondary N) is 2. The Balaban J connectivity index is 1.78. The summed E-state index contributed by atoms with van der Waals surface area (Å²) in [5, 5.41) is 14.2. The van der Waals surface area contributed by atoms with E-state index in [-0.39, 0.29) is 11.8 Å². The van der Waals surface area contributed by atoms with Gasteiger partial charge in [-0.05, 0) is 49.4 Å². The molecule has 2 N–H and O–H groups in total. The van der Waals surface area contributed by atoms with Crippen LogP contribution in [0.1, 0.15) is 22.8 Å². The first-order valence-electron chi connectivity index (χ1n) is 7.00. The number of carbonyl (C=O) groups is 2. The lowest BCUT2D eigenvalue weighted by Gasteiger charge is -2.23. The molecule has 0 radical (unpaired) electrons. The summed E-state index contributed by atoms with van der Waals surface area (Å²) in [6, 6.07) is 13.4. The highest BCUT2D eigenvalue weighted by Crippen LogP contribution is 2.32. The van der Waals surface area contributed by atoms with Crippen molar-refractivity contribution in [1.29, 1.82) is 5.26 Å². The van der Waals surface area contributed by atoms with Crippen LogP contribution in [0.25, 0.3) is 0 Å². The number of carbonyl (C=O) groups excluding carboxylic acids is 2. The molecular weight excluding hydrogens is 294 g/mol. The minimum atomic E-state index is -0.540. The molecule has 0 fully saturated rings. The number of amides is 2. The highest BCUT2D eigenvalue weighted by molar-refractivity contribution is 6.05. The molecule has 6 nitrogen and oxygen atoms in total. The van der Waals surface area contributed by atoms with Crippen molar-refractivity contribution >= 4 is 23.2 Å². The van der Waals surface area contributed by atoms with Gasteiger partial charge in [0, 0.05) is 11.3 Å². The van der Waals surface area contributed by atoms with Gasteiger partial charge in [-0.25, -0.2) is 0 Å². The Morgan fingerprint density at radius 2 is 2.00 bits per heavy atom. The van der Waals surface area contributed by atoms with E-state index in [0.717, 1.165) is 0 Å². The van der Waals surface area contributed by atoms with Gasteiger partial charge in [0.15, 0.2) is 6.10 Å². The Kier molecular flexibility index (Phi) is 3.69. The van der Waals surface area contributed by atoms with Crippen molar-refractivity contribution in [3.8, 4) is 11.8 Å². The molecule has 2 aromatic carbocycles. The lowest BCUT2D eigenvalue weighted by molar-refractivity contribution is -0.122. The van der Waals surface area contributed by atoms with Crippen molar-refractivity contribution in [2.24, 2.45) is 0 Å². The fourth-order valence-electron chi connectivity index (χ4n) is 2.19. The van der Waals surface area contributed by atoms with Crippen LogP contribution in [-0.4, -0.2) is 17.9 Å². The van der Waals surface area contributed by atoms with E-state index in [0.29, 0.717) is 28.3 Å². The Hall–Kier alpha value is -3.33. The number of rotatable bonds is 2. The maximum absolute atomic E-state index is 12.2. The Morgan fingerprint density at radius 3 is 2.70 bits per heavy atom. The summed E-state index contributed by atoms with van der Waals surface area (Å²) in [6.07, 6.45) is -0.540. The van der Waals surface area contributed by atoms with Crippen LogP contribution in [0.15, 0.2) is 42.5 Å². The van der Waals surface area contributed by atoms with E-state index in [4.69, 9.17) is 10.00 Å². The molecule has 1 aliphatic heterocycles. The third kappa shape index (κ3) is 2.99. The van der Waals surface area contributed by atoms with Crippen molar-refractivity contribution in [3.63, 3.8) is 0 Å². The largest absolute Gasteiger partial charge is 0.479 e. The molecule has 0 saturated carbocycles. The predicted molar refractivity (Wildman–Crippen MR) is 84.3 cm³/mol. The quantitative estimate of drug-likeness (QED) is 0.892. The van der Waals surface area contributed by atoms with E-state index in [1.165, 1.54) is 0 Å². The van der Waals surface area contributed by atoms with Gasteiger partial charge in [0.1, 0.15) is 5.75 Å². The smallest absolute Gasteiger partial charge is 0.265 e. The third-order valence-electron chi connectivity index (χ3n) is 3.44. The van der Waals surface area contributed by atoms with Gasteiger partial charge in [-0.3, -0.25) is 9.59 Å². The van der Waals surface area contributed by atoms with Crippen LogP contribution in [0, 0.1) is 11.3 Å². The summed E-state index contributed by atoms with van der Waals surface area (Å²) in [5.41, 5.74) is 1.99. The molecule has 0 spiro atoms. The molecule has 0 aliphatic carbocycles. The molecule has 23 heavy (non-hydrogen) atoms. The van der Waals surface area contributed by atoms with Crippen molar-refractivity contribution in [2.75, 3.05) is 10.6 Å². The second kappa shape index (κ2) is 5.81. The highest BCUT2D eigenvalue weighted by atomic mass is 16.5. The summed E-state index contributed by atoms with van der Waals surface area (Å²) < 4.78 is 5.46. The first kappa shape index (κ1) is 14.6. The molecule has 114 valence electrons. The molecule has 0 aromatic heterocycles. The molecule has 6 heteroatoms. The summed E-state index contributed by atoms with van der Waals surface area (Å²) in [6.45, 7) is 1.67. The lowest BCUT2D eigenvalue weighted by Crippen LogP contribution is -2.34. The Bertz CT molecular complexity index is 822. The average Bonchev–Trinajstić information content (AvgIpc) is 2.56. The predicted octanol–water partition coefficient (Wildman–Crippen LogP) is 2.53. The van der Waals surface area contributed by atoms with Gasteiger partial charge in [0.05, 0.1) is 17.3 Å². The van der Waals surface area contributed by atoms with Gasteiger partial charge in [-0.1, -0.05) is 0 Å². The molecule has 1 unspecified atom stereocenters. The van der Waals surface area contributed by atoms with Gasteiger partial charge < -0.3 is 15.4 Å². The number of anilines is 2. The molecule has 0 bridgehead atoms. The van der Waals surface area contributed by atoms with Crippen molar-refractivity contribution in [1.82, 2.24) is 0 Å². The summed E-state index contributed by atoms with van der Waals surface area (Å²) in [7, 11) is 0. The van der Waals surface area contributed by atoms with E-state index < -0.39 is 6.10 Å². The van der Waals surface area contributed by atoms with E-state index in [1.807, 2.05) is 6.07 Å². The van der Waals surface area contributed by atoms with Crippen LogP contribution in [0.2, 0.25) is 0 Å². The second-order valence-corrected chi connectivity index (χ2v) is 5.10. The molecule has 1 atom stereocenters. The fraction of sp³-hybridized carbons (Fsp3) is 0.118. The van der Waals surface area contributed by atoms with Crippen molar-refractivity contribution < 1.29 is 14.3 Å². The number of hydrogen-bond acceptors (Lipinski definition) is 4. The van der Waals surface area contributed by atoms with Crippen LogP contribution < -0.4 is 15.4 Å². The maximum atomic E-state index is 12.2. The van der Waals surface area contributed by atoms with Gasteiger partial charge >= 0.3 is 0 Å². The molecule has 1 aliphatic rings. The van der Waals surface area contributed by atoms with E-state index in [2.05, 4.69) is 10.6 Å². The zero-order chi connectivity index (χ0) is 16.4. The minimum absolute atomic E-state index is 0.229. The normalized spacial score (nSPS) is 15.7. The molecule has 2 amide bonds. The third-order valence-corrected chi connectivity index (χ3v) is 3.44. The number of benzene rings is 2. The molecule has 2 aromatic rings. The van der Waals surface area contributed by atoms with Gasteiger partial charge in [-0.2, -0.15) is 5.26 Å². The van der Waals surface area contributed by atoms with Gasteiger partial charge in [0.2, 0.25) is 0 Å². The number of fused-ring (bicyclic) bond motifs is 1. The fourth-order valence-corrected chi connectivity index (χ4v) is 2.19. The topological polar surface area (TPSA) is 91.2 Å². The van der Waals surface area contributed by atoms with Gasteiger partial charge in [0.25, 0.3) is 11.8 Å². The van der Waals surface area contributed by atoms with Crippen LogP contribution in [0.5, 0.6) is 5.75 Å². The molecule has 3 rings (SSSR count). The lowest BCUT2D eigenvalue weighted by atomic mass is 10.1. The zero-order valence-electron chi connectivity index (χ0n) is 12.3. The highest BCUT2D eigenvalue weighted by Gasteiger charge is 2.23. The van der Waals surface area contributed by atoms with Gasteiger partial charge in [-0.15, -0.1) is 0 Å². The molecule has 0 saturated heterocycles. The molecule has 1 heterocycles. The average molecular weight is 307 g/mol. The molecular formula is C17H13N3O3. The van der Waals surface area contributed by atoms with E-state index >= 15 is 0 Å². The summed E-state index contributed by atoms with van der Waals surface area (Å²) >= 11 is 0. The standard InChI is InChI=1S/C17H13N3O3/c1-10-16(21)20-14-8-13(6-7-15(14)23-10)19-17(22)12-4-2-11(9-18)3-5-12/h2-8,10H,1H3,(H,19,22)(H,20,21). The Morgan fingerprint density at radius 1 is 1.26 bits per heavy atom. The maximum Gasteiger partial charge on any atom is 0.265 e. The first-order valence-corrected chi connectivity index (χ1v) is 7.00. The zero-order valence-corrected chi connectivity index (χ0v) is 12.3. The monoisotopic (exact) mass is 307 g/mol. The SMILES string of the molecule is CC1Oc2ccc(NC(=O)c3ccc(C#N)cc3)cc2NC1=O. The van der Waals surface area contributed by atoms with E-state index in [9.17, 15) is 9.59 Å². The first-order chi connectivity index (χ1) is 11.1. The number of nitriles is 1. The summed E-state index contributed by atoms with van der Waals surface area (Å²) in [5.74, 6) is 0.0346. The van der Waals surface area contributed by atoms with Crippen molar-refractivity contribution in [3.05, 3.63) is 53.6 Å².